The molecule has 0 radical (unpaired) electrons. The molecule has 1 fully saturated rings. The summed E-state index contributed by atoms with van der Waals surface area (Å²) in [4.78, 5) is 13.9. The quantitative estimate of drug-likeness (QED) is 0.805. The Morgan fingerprint density at radius 1 is 1.58 bits per heavy atom. The summed E-state index contributed by atoms with van der Waals surface area (Å²) in [6, 6.07) is 8.99. The van der Waals surface area contributed by atoms with Gasteiger partial charge in [0.05, 0.1) is 11.6 Å². The van der Waals surface area contributed by atoms with Crippen LogP contribution in [0.3, 0.4) is 0 Å². The van der Waals surface area contributed by atoms with E-state index < -0.39 is 0 Å². The number of carbonyl (C=O) groups is 1. The van der Waals surface area contributed by atoms with E-state index in [1.807, 2.05) is 0 Å². The summed E-state index contributed by atoms with van der Waals surface area (Å²) in [5.41, 5.74) is 7.12. The molecular formula is C14H18N4O. The van der Waals surface area contributed by atoms with Gasteiger partial charge in [-0.25, -0.2) is 4.79 Å². The highest BCUT2D eigenvalue weighted by Crippen LogP contribution is 2.17. The minimum atomic E-state index is -0.131. The summed E-state index contributed by atoms with van der Waals surface area (Å²) < 4.78 is 0. The summed E-state index contributed by atoms with van der Waals surface area (Å²) in [6.45, 7) is 3.40. The molecular weight excluding hydrogens is 240 g/mol. The molecule has 2 atom stereocenters. The molecule has 19 heavy (non-hydrogen) atoms. The van der Waals surface area contributed by atoms with Gasteiger partial charge in [-0.1, -0.05) is 13.0 Å². The second kappa shape index (κ2) is 5.72. The molecule has 0 aromatic heterocycles. The summed E-state index contributed by atoms with van der Waals surface area (Å²) in [7, 11) is 0. The summed E-state index contributed by atoms with van der Waals surface area (Å²) in [5, 5.41) is 11.6. The van der Waals surface area contributed by atoms with Crippen LogP contribution in [0.25, 0.3) is 0 Å². The van der Waals surface area contributed by atoms with E-state index in [2.05, 4.69) is 18.3 Å². The maximum absolute atomic E-state index is 12.1. The number of rotatable bonds is 1. The normalized spacial score (nSPS) is 22.7. The average Bonchev–Trinajstić information content (AvgIpc) is 2.42. The maximum atomic E-state index is 12.1. The lowest BCUT2D eigenvalue weighted by Crippen LogP contribution is -2.49. The summed E-state index contributed by atoms with van der Waals surface area (Å²) in [5.74, 6) is 0.310. The number of urea groups is 1. The van der Waals surface area contributed by atoms with Gasteiger partial charge >= 0.3 is 6.03 Å². The molecule has 1 aromatic rings. The molecule has 5 nitrogen and oxygen atoms in total. The van der Waals surface area contributed by atoms with Crippen molar-refractivity contribution in [2.24, 2.45) is 11.7 Å². The molecule has 0 bridgehead atoms. The minimum Gasteiger partial charge on any atom is -0.327 e. The number of benzene rings is 1. The van der Waals surface area contributed by atoms with Crippen LogP contribution in [-0.2, 0) is 0 Å². The smallest absolute Gasteiger partial charge is 0.321 e. The number of nitrogens with one attached hydrogen (secondary N) is 1. The second-order valence-corrected chi connectivity index (χ2v) is 5.00. The van der Waals surface area contributed by atoms with Gasteiger partial charge in [0.2, 0.25) is 0 Å². The Labute approximate surface area is 113 Å². The van der Waals surface area contributed by atoms with Crippen molar-refractivity contribution in [3.63, 3.8) is 0 Å². The highest BCUT2D eigenvalue weighted by atomic mass is 16.2. The molecule has 0 saturated carbocycles. The summed E-state index contributed by atoms with van der Waals surface area (Å²) in [6.07, 6.45) is 0.826. The van der Waals surface area contributed by atoms with Crippen molar-refractivity contribution in [3.8, 4) is 6.07 Å². The minimum absolute atomic E-state index is 0.131. The first-order valence-electron chi connectivity index (χ1n) is 6.42. The van der Waals surface area contributed by atoms with E-state index in [0.29, 0.717) is 30.3 Å². The van der Waals surface area contributed by atoms with Crippen molar-refractivity contribution in [1.82, 2.24) is 4.90 Å². The number of hydrogen-bond donors (Lipinski definition) is 2. The van der Waals surface area contributed by atoms with Crippen LogP contribution in [0, 0.1) is 17.2 Å². The van der Waals surface area contributed by atoms with Gasteiger partial charge in [-0.05, 0) is 30.5 Å². The number of nitrogens with two attached hydrogens (primary N) is 1. The third kappa shape index (κ3) is 3.24. The van der Waals surface area contributed by atoms with Crippen LogP contribution in [0.4, 0.5) is 10.5 Å². The first kappa shape index (κ1) is 13.4. The van der Waals surface area contributed by atoms with E-state index in [1.54, 1.807) is 29.2 Å². The molecule has 5 heteroatoms. The Morgan fingerprint density at radius 2 is 2.37 bits per heavy atom. The standard InChI is InChI=1S/C14H18N4O/c1-10-9-18(6-5-13(10)16)14(19)17-12-4-2-3-11(7-12)8-15/h2-4,7,10,13H,5-6,9,16H2,1H3,(H,17,19). The molecule has 1 saturated heterocycles. The number of amides is 2. The monoisotopic (exact) mass is 258 g/mol. The lowest BCUT2D eigenvalue weighted by Gasteiger charge is -2.35. The highest BCUT2D eigenvalue weighted by molar-refractivity contribution is 5.89. The van der Waals surface area contributed by atoms with Gasteiger partial charge in [0.1, 0.15) is 0 Å². The predicted molar refractivity (Wildman–Crippen MR) is 73.5 cm³/mol. The van der Waals surface area contributed by atoms with E-state index in [1.165, 1.54) is 0 Å². The molecule has 1 aliphatic rings. The number of hydrogen-bond acceptors (Lipinski definition) is 3. The van der Waals surface area contributed by atoms with Gasteiger partial charge in [0.25, 0.3) is 0 Å². The first-order chi connectivity index (χ1) is 9.10. The number of nitriles is 1. The van der Waals surface area contributed by atoms with Crippen molar-refractivity contribution in [3.05, 3.63) is 29.8 Å². The van der Waals surface area contributed by atoms with Crippen molar-refractivity contribution < 1.29 is 4.79 Å². The zero-order chi connectivity index (χ0) is 13.8. The highest BCUT2D eigenvalue weighted by Gasteiger charge is 2.26. The maximum Gasteiger partial charge on any atom is 0.321 e. The molecule has 3 N–H and O–H groups in total. The van der Waals surface area contributed by atoms with Gasteiger partial charge in [0.15, 0.2) is 0 Å². The Balaban J connectivity index is 1.99. The van der Waals surface area contributed by atoms with Gasteiger partial charge in [0, 0.05) is 24.8 Å². The topological polar surface area (TPSA) is 82.2 Å². The molecule has 1 heterocycles. The number of piperidine rings is 1. The van der Waals surface area contributed by atoms with E-state index >= 15 is 0 Å². The lowest BCUT2D eigenvalue weighted by molar-refractivity contribution is 0.172. The Kier molecular flexibility index (Phi) is 4.03. The van der Waals surface area contributed by atoms with Gasteiger partial charge in [-0.3, -0.25) is 0 Å². The second-order valence-electron chi connectivity index (χ2n) is 5.00. The van der Waals surface area contributed by atoms with Crippen LogP contribution in [0.1, 0.15) is 18.9 Å². The van der Waals surface area contributed by atoms with E-state index in [-0.39, 0.29) is 12.1 Å². The SMILES string of the molecule is CC1CN(C(=O)Nc2cccc(C#N)c2)CCC1N. The van der Waals surface area contributed by atoms with Crippen LogP contribution in [0.15, 0.2) is 24.3 Å². The Morgan fingerprint density at radius 3 is 3.05 bits per heavy atom. The number of carbonyl (C=O) groups excluding carboxylic acids is 1. The zero-order valence-electron chi connectivity index (χ0n) is 11.0. The fourth-order valence-electron chi connectivity index (χ4n) is 2.22. The van der Waals surface area contributed by atoms with E-state index in [9.17, 15) is 4.79 Å². The third-order valence-electron chi connectivity index (χ3n) is 3.50. The molecule has 2 amide bonds. The average molecular weight is 258 g/mol. The number of anilines is 1. The largest absolute Gasteiger partial charge is 0.327 e. The van der Waals surface area contributed by atoms with Crippen molar-refractivity contribution in [2.75, 3.05) is 18.4 Å². The molecule has 100 valence electrons. The fraction of sp³-hybridized carbons (Fsp3) is 0.429. The molecule has 0 spiro atoms. The predicted octanol–water partition coefficient (Wildman–Crippen LogP) is 1.76. The molecule has 1 aliphatic heterocycles. The van der Waals surface area contributed by atoms with Crippen molar-refractivity contribution >= 4 is 11.7 Å². The zero-order valence-corrected chi connectivity index (χ0v) is 11.0. The molecule has 0 aliphatic carbocycles. The number of likely N-dealkylation sites (tertiary alicyclic amines) is 1. The van der Waals surface area contributed by atoms with E-state index in [4.69, 9.17) is 11.0 Å². The van der Waals surface area contributed by atoms with E-state index in [0.717, 1.165) is 6.42 Å². The van der Waals surface area contributed by atoms with Crippen LogP contribution in [0.2, 0.25) is 0 Å². The Bertz CT molecular complexity index is 508. The molecule has 1 aromatic carbocycles. The first-order valence-corrected chi connectivity index (χ1v) is 6.42. The summed E-state index contributed by atoms with van der Waals surface area (Å²) >= 11 is 0. The van der Waals surface area contributed by atoms with Gasteiger partial charge in [-0.2, -0.15) is 5.26 Å². The van der Waals surface area contributed by atoms with Crippen molar-refractivity contribution in [1.29, 1.82) is 5.26 Å². The number of nitrogens with zero attached hydrogens (tertiary/aromatic N) is 2. The van der Waals surface area contributed by atoms with Crippen LogP contribution >= 0.6 is 0 Å². The fourth-order valence-corrected chi connectivity index (χ4v) is 2.22. The van der Waals surface area contributed by atoms with Crippen LogP contribution < -0.4 is 11.1 Å². The van der Waals surface area contributed by atoms with Gasteiger partial charge < -0.3 is 16.0 Å². The van der Waals surface area contributed by atoms with Crippen LogP contribution in [-0.4, -0.2) is 30.1 Å². The lowest BCUT2D eigenvalue weighted by atomic mass is 9.95. The Hall–Kier alpha value is -2.06. The molecule has 2 rings (SSSR count). The van der Waals surface area contributed by atoms with Crippen molar-refractivity contribution in [2.45, 2.75) is 19.4 Å². The van der Waals surface area contributed by atoms with Gasteiger partial charge in [-0.15, -0.1) is 0 Å². The van der Waals surface area contributed by atoms with Crippen LogP contribution in [0.5, 0.6) is 0 Å². The molecule has 2 unspecified atom stereocenters. The third-order valence-corrected chi connectivity index (χ3v) is 3.50.